The first-order valence-corrected chi connectivity index (χ1v) is 9.52. The molecule has 0 aliphatic carbocycles. The van der Waals surface area contributed by atoms with Crippen molar-refractivity contribution in [1.82, 2.24) is 9.78 Å². The Bertz CT molecular complexity index is 1290. The molecule has 0 unspecified atom stereocenters. The van der Waals surface area contributed by atoms with Crippen LogP contribution in [0.25, 0.3) is 22.6 Å². The fourth-order valence-electron chi connectivity index (χ4n) is 3.31. The van der Waals surface area contributed by atoms with Gasteiger partial charge in [-0.2, -0.15) is 18.3 Å². The van der Waals surface area contributed by atoms with Gasteiger partial charge < -0.3 is 9.73 Å². The summed E-state index contributed by atoms with van der Waals surface area (Å²) in [5, 5.41) is 5.98. The minimum Gasteiger partial charge on any atom is -0.461 e. The fraction of sp³-hybridized carbons (Fsp3) is 0.130. The number of amides is 1. The van der Waals surface area contributed by atoms with E-state index in [1.807, 2.05) is 30.3 Å². The number of carbonyl (C=O) groups is 1. The maximum Gasteiger partial charge on any atom is 0.435 e. The van der Waals surface area contributed by atoms with E-state index in [1.165, 1.54) is 19.2 Å². The third-order valence-electron chi connectivity index (χ3n) is 4.89. The number of furan rings is 1. The summed E-state index contributed by atoms with van der Waals surface area (Å²) >= 11 is 0. The molecule has 0 aliphatic rings. The number of carbonyl (C=O) groups excluding carboxylic acids is 1. The molecule has 0 saturated carbocycles. The molecular formula is C23H17F4N3O2. The molecule has 0 radical (unpaired) electrons. The highest BCUT2D eigenvalue weighted by Gasteiger charge is 2.35. The quantitative estimate of drug-likeness (QED) is 0.390. The number of anilines is 1. The summed E-state index contributed by atoms with van der Waals surface area (Å²) < 4.78 is 60.0. The SMILES string of the molecule is Cc1oc(-c2ccccc2)cc1C(=O)Nc1ccc(-c2cc(C(F)(F)F)nn2C)c(F)c1. The maximum atomic E-state index is 14.7. The monoisotopic (exact) mass is 443 g/mol. The topological polar surface area (TPSA) is 60.1 Å². The predicted molar refractivity (Wildman–Crippen MR) is 110 cm³/mol. The average molecular weight is 443 g/mol. The average Bonchev–Trinajstić information content (AvgIpc) is 3.32. The number of aromatic nitrogens is 2. The third-order valence-corrected chi connectivity index (χ3v) is 4.89. The molecule has 0 fully saturated rings. The summed E-state index contributed by atoms with van der Waals surface area (Å²) in [6.45, 7) is 1.64. The Labute approximate surface area is 180 Å². The Kier molecular flexibility index (Phi) is 5.33. The van der Waals surface area contributed by atoms with Gasteiger partial charge in [0.15, 0.2) is 5.69 Å². The molecular weight excluding hydrogens is 426 g/mol. The largest absolute Gasteiger partial charge is 0.461 e. The third kappa shape index (κ3) is 4.14. The highest BCUT2D eigenvalue weighted by Crippen LogP contribution is 2.33. The van der Waals surface area contributed by atoms with Crippen molar-refractivity contribution in [3.8, 4) is 22.6 Å². The first kappa shape index (κ1) is 21.4. The lowest BCUT2D eigenvalue weighted by atomic mass is 10.1. The Balaban J connectivity index is 1.57. The normalized spacial score (nSPS) is 11.6. The van der Waals surface area contributed by atoms with Crippen molar-refractivity contribution < 1.29 is 26.8 Å². The molecule has 2 heterocycles. The molecule has 1 N–H and O–H groups in total. The fourth-order valence-corrected chi connectivity index (χ4v) is 3.31. The number of halogens is 4. The van der Waals surface area contributed by atoms with Gasteiger partial charge >= 0.3 is 6.18 Å². The number of alkyl halides is 3. The van der Waals surface area contributed by atoms with E-state index in [4.69, 9.17) is 4.42 Å². The van der Waals surface area contributed by atoms with Crippen LogP contribution < -0.4 is 5.32 Å². The van der Waals surface area contributed by atoms with Gasteiger partial charge in [-0.1, -0.05) is 30.3 Å². The smallest absolute Gasteiger partial charge is 0.435 e. The van der Waals surface area contributed by atoms with Crippen LogP contribution in [0.2, 0.25) is 0 Å². The van der Waals surface area contributed by atoms with Gasteiger partial charge in [0.05, 0.1) is 11.3 Å². The summed E-state index contributed by atoms with van der Waals surface area (Å²) in [4.78, 5) is 12.7. The molecule has 0 atom stereocenters. The van der Waals surface area contributed by atoms with E-state index >= 15 is 0 Å². The van der Waals surface area contributed by atoms with Gasteiger partial charge in [-0.3, -0.25) is 9.48 Å². The zero-order chi connectivity index (χ0) is 23.0. The molecule has 0 spiro atoms. The standard InChI is InChI=1S/C23H17F4N3O2/c1-13-17(11-20(32-13)14-6-4-3-5-7-14)22(31)28-15-8-9-16(18(24)10-15)19-12-21(23(25,26)27)29-30(19)2/h3-12H,1-2H3,(H,28,31). The van der Waals surface area contributed by atoms with Gasteiger partial charge in [0, 0.05) is 23.9 Å². The number of aryl methyl sites for hydroxylation is 2. The highest BCUT2D eigenvalue weighted by atomic mass is 19.4. The number of nitrogens with one attached hydrogen (secondary N) is 1. The van der Waals surface area contributed by atoms with Crippen LogP contribution in [0, 0.1) is 12.7 Å². The van der Waals surface area contributed by atoms with Crippen molar-refractivity contribution in [1.29, 1.82) is 0 Å². The Morgan fingerprint density at radius 2 is 1.78 bits per heavy atom. The van der Waals surface area contributed by atoms with Gasteiger partial charge in [-0.05, 0) is 37.3 Å². The molecule has 32 heavy (non-hydrogen) atoms. The molecule has 5 nitrogen and oxygen atoms in total. The number of nitrogens with zero attached hydrogens (tertiary/aromatic N) is 2. The molecule has 0 aliphatic heterocycles. The summed E-state index contributed by atoms with van der Waals surface area (Å²) in [5.41, 5.74) is 0.0206. The van der Waals surface area contributed by atoms with E-state index in [1.54, 1.807) is 13.0 Å². The lowest BCUT2D eigenvalue weighted by Gasteiger charge is -2.08. The zero-order valence-electron chi connectivity index (χ0n) is 17.0. The molecule has 9 heteroatoms. The maximum absolute atomic E-state index is 14.7. The Hall–Kier alpha value is -3.88. The van der Waals surface area contributed by atoms with Gasteiger partial charge in [-0.15, -0.1) is 0 Å². The molecule has 2 aromatic carbocycles. The lowest BCUT2D eigenvalue weighted by Crippen LogP contribution is -2.12. The van der Waals surface area contributed by atoms with Gasteiger partial charge in [0.25, 0.3) is 5.91 Å². The van der Waals surface area contributed by atoms with Crippen LogP contribution in [0.4, 0.5) is 23.2 Å². The van der Waals surface area contributed by atoms with E-state index < -0.39 is 23.6 Å². The minimum absolute atomic E-state index is 0.0362. The van der Waals surface area contributed by atoms with Crippen LogP contribution in [0.5, 0.6) is 0 Å². The van der Waals surface area contributed by atoms with E-state index in [0.717, 1.165) is 22.4 Å². The van der Waals surface area contributed by atoms with Crippen LogP contribution in [0.3, 0.4) is 0 Å². The Morgan fingerprint density at radius 3 is 2.41 bits per heavy atom. The summed E-state index contributed by atoms with van der Waals surface area (Å²) in [6, 6.07) is 15.4. The molecule has 2 aromatic heterocycles. The summed E-state index contributed by atoms with van der Waals surface area (Å²) in [6.07, 6.45) is -4.64. The molecule has 0 saturated heterocycles. The first-order chi connectivity index (χ1) is 15.1. The van der Waals surface area contributed by atoms with Gasteiger partial charge in [0.2, 0.25) is 0 Å². The second kappa shape index (κ2) is 7.99. The van der Waals surface area contributed by atoms with Crippen LogP contribution >= 0.6 is 0 Å². The van der Waals surface area contributed by atoms with E-state index in [2.05, 4.69) is 10.4 Å². The van der Waals surface area contributed by atoms with Crippen LogP contribution in [0.15, 0.2) is 65.1 Å². The van der Waals surface area contributed by atoms with Gasteiger partial charge in [-0.25, -0.2) is 4.39 Å². The highest BCUT2D eigenvalue weighted by molar-refractivity contribution is 6.05. The number of benzene rings is 2. The van der Waals surface area contributed by atoms with Crippen LogP contribution in [-0.2, 0) is 13.2 Å². The number of rotatable bonds is 4. The second-order valence-electron chi connectivity index (χ2n) is 7.13. The molecule has 4 aromatic rings. The van der Waals surface area contributed by atoms with E-state index in [9.17, 15) is 22.4 Å². The molecule has 4 rings (SSSR count). The van der Waals surface area contributed by atoms with Crippen molar-refractivity contribution in [3.63, 3.8) is 0 Å². The first-order valence-electron chi connectivity index (χ1n) is 9.52. The lowest BCUT2D eigenvalue weighted by molar-refractivity contribution is -0.141. The zero-order valence-corrected chi connectivity index (χ0v) is 17.0. The second-order valence-corrected chi connectivity index (χ2v) is 7.13. The number of hydrogen-bond acceptors (Lipinski definition) is 3. The van der Waals surface area contributed by atoms with Crippen molar-refractivity contribution in [2.75, 3.05) is 5.32 Å². The van der Waals surface area contributed by atoms with Gasteiger partial charge in [0.1, 0.15) is 17.3 Å². The van der Waals surface area contributed by atoms with Crippen molar-refractivity contribution in [3.05, 3.63) is 83.5 Å². The van der Waals surface area contributed by atoms with Crippen molar-refractivity contribution >= 4 is 11.6 Å². The summed E-state index contributed by atoms with van der Waals surface area (Å²) in [5.74, 6) is -0.381. The minimum atomic E-state index is -4.64. The number of hydrogen-bond donors (Lipinski definition) is 1. The molecule has 1 amide bonds. The Morgan fingerprint density at radius 1 is 1.06 bits per heavy atom. The predicted octanol–water partition coefficient (Wildman–Crippen LogP) is 6.07. The molecule has 0 bridgehead atoms. The summed E-state index contributed by atoms with van der Waals surface area (Å²) in [7, 11) is 1.30. The van der Waals surface area contributed by atoms with Crippen LogP contribution in [0.1, 0.15) is 21.8 Å². The van der Waals surface area contributed by atoms with E-state index in [0.29, 0.717) is 11.5 Å². The van der Waals surface area contributed by atoms with Crippen molar-refractivity contribution in [2.45, 2.75) is 13.1 Å². The van der Waals surface area contributed by atoms with E-state index in [-0.39, 0.29) is 22.5 Å². The molecule has 164 valence electrons. The van der Waals surface area contributed by atoms with Crippen LogP contribution in [-0.4, -0.2) is 15.7 Å². The van der Waals surface area contributed by atoms with Crippen molar-refractivity contribution in [2.24, 2.45) is 7.05 Å².